The third-order valence-corrected chi connectivity index (χ3v) is 11.3. The summed E-state index contributed by atoms with van der Waals surface area (Å²) >= 11 is 0. The number of hydrogen-bond acceptors (Lipinski definition) is 7. The molecule has 56 heavy (non-hydrogen) atoms. The number of carbonyl (C=O) groups is 2. The summed E-state index contributed by atoms with van der Waals surface area (Å²) in [6.07, 6.45) is 8.16. The molecule has 11 nitrogen and oxygen atoms in total. The van der Waals surface area contributed by atoms with Gasteiger partial charge >= 0.3 is 0 Å². The summed E-state index contributed by atoms with van der Waals surface area (Å²) in [5.41, 5.74) is 9.23. The molecule has 0 aliphatic carbocycles. The molecule has 0 radical (unpaired) electrons. The van der Waals surface area contributed by atoms with Gasteiger partial charge < -0.3 is 29.7 Å². The van der Waals surface area contributed by atoms with Crippen LogP contribution in [0.2, 0.25) is 0 Å². The van der Waals surface area contributed by atoms with Crippen molar-refractivity contribution in [3.63, 3.8) is 0 Å². The summed E-state index contributed by atoms with van der Waals surface area (Å²) in [6, 6.07) is 26.3. The second-order valence-corrected chi connectivity index (χ2v) is 14.6. The summed E-state index contributed by atoms with van der Waals surface area (Å²) < 4.78 is 24.2. The quantitative estimate of drug-likeness (QED) is 0.171. The number of carbonyl (C=O) groups excluding carboxylic acids is 2. The van der Waals surface area contributed by atoms with Gasteiger partial charge in [0.25, 0.3) is 5.91 Å². The Kier molecular flexibility index (Phi) is 9.46. The third-order valence-electron chi connectivity index (χ3n) is 11.3. The molecule has 9 rings (SSSR count). The van der Waals surface area contributed by atoms with Crippen molar-refractivity contribution in [3.8, 4) is 16.9 Å². The molecular weight excluding hydrogens is 708 g/mol. The number of rotatable bonds is 8. The van der Waals surface area contributed by atoms with Crippen LogP contribution in [0.3, 0.4) is 0 Å². The molecule has 2 aromatic heterocycles. The lowest BCUT2D eigenvalue weighted by molar-refractivity contribution is -0.131. The van der Waals surface area contributed by atoms with Crippen molar-refractivity contribution in [3.05, 3.63) is 126 Å². The first-order chi connectivity index (χ1) is 27.4. The van der Waals surface area contributed by atoms with Gasteiger partial charge in [0.05, 0.1) is 25.4 Å². The number of benzene rings is 4. The van der Waals surface area contributed by atoms with Gasteiger partial charge in [-0.1, -0.05) is 53.8 Å². The van der Waals surface area contributed by atoms with E-state index in [1.54, 1.807) is 35.2 Å². The van der Waals surface area contributed by atoms with Crippen LogP contribution in [0, 0.1) is 5.82 Å². The number of halogens is 1. The lowest BCUT2D eigenvalue weighted by Crippen LogP contribution is -2.48. The van der Waals surface area contributed by atoms with Gasteiger partial charge in [-0.3, -0.25) is 14.3 Å². The van der Waals surface area contributed by atoms with Crippen LogP contribution < -0.4 is 15.0 Å². The van der Waals surface area contributed by atoms with Crippen LogP contribution >= 0.6 is 0 Å². The molecule has 2 N–H and O–H groups in total. The van der Waals surface area contributed by atoms with E-state index >= 15 is 4.39 Å². The maximum Gasteiger partial charge on any atom is 0.270 e. The first-order valence-corrected chi connectivity index (χ1v) is 19.3. The summed E-state index contributed by atoms with van der Waals surface area (Å²) in [4.78, 5) is 36.5. The van der Waals surface area contributed by atoms with Crippen LogP contribution in [-0.4, -0.2) is 88.0 Å². The van der Waals surface area contributed by atoms with Crippen molar-refractivity contribution < 1.29 is 18.7 Å². The van der Waals surface area contributed by atoms with E-state index in [1.165, 1.54) is 11.1 Å². The number of amides is 2. The second-order valence-electron chi connectivity index (χ2n) is 14.6. The van der Waals surface area contributed by atoms with Crippen molar-refractivity contribution in [1.29, 1.82) is 0 Å². The van der Waals surface area contributed by atoms with Crippen molar-refractivity contribution >= 4 is 45.4 Å². The SMILES string of the molecule is COc1ccccc1-c1cc(C2=CCCN(C(=O)CCn3ccnn3)C2)c(F)c2[nH]c(C(=O)N3CCN(c4ccc5c(c4)Nc4ccccc4CC5)CC3)cc12. The molecule has 3 aliphatic rings. The Morgan fingerprint density at radius 1 is 0.839 bits per heavy atom. The summed E-state index contributed by atoms with van der Waals surface area (Å²) in [6.45, 7) is 3.65. The molecule has 0 unspecified atom stereocenters. The molecule has 3 aliphatic heterocycles. The Hall–Kier alpha value is -6.43. The van der Waals surface area contributed by atoms with Gasteiger partial charge in [-0.05, 0) is 77.9 Å². The number of ether oxygens (including phenoxy) is 1. The molecular formula is C44H43FN8O3. The number of aromatic nitrogens is 4. The zero-order valence-corrected chi connectivity index (χ0v) is 31.3. The topological polar surface area (TPSA) is 112 Å². The Balaban J connectivity index is 0.968. The summed E-state index contributed by atoms with van der Waals surface area (Å²) in [5, 5.41) is 12.0. The number of H-pyrrole nitrogens is 1. The highest BCUT2D eigenvalue weighted by molar-refractivity contribution is 6.05. The average Bonchev–Trinajstić information content (AvgIpc) is 3.90. The van der Waals surface area contributed by atoms with Crippen molar-refractivity contribution in [2.45, 2.75) is 32.2 Å². The van der Waals surface area contributed by atoms with Crippen molar-refractivity contribution in [1.82, 2.24) is 29.8 Å². The fourth-order valence-electron chi connectivity index (χ4n) is 8.28. The number of para-hydroxylation sites is 2. The molecule has 1 fully saturated rings. The number of aryl methyl sites for hydroxylation is 3. The van der Waals surface area contributed by atoms with E-state index in [9.17, 15) is 9.59 Å². The fraction of sp³-hybridized carbons (Fsp3) is 0.273. The van der Waals surface area contributed by atoms with Crippen LogP contribution in [0.4, 0.5) is 21.5 Å². The minimum Gasteiger partial charge on any atom is -0.496 e. The van der Waals surface area contributed by atoms with Gasteiger partial charge in [0.15, 0.2) is 5.82 Å². The highest BCUT2D eigenvalue weighted by Crippen LogP contribution is 2.40. The summed E-state index contributed by atoms with van der Waals surface area (Å²) in [5.74, 6) is -0.0228. The standard InChI is InChI=1S/C44H43FN8O3/c1-56-40-11-5-3-9-33(40)35-26-34(31-8-6-18-52(28-31)41(54)16-19-53-20-17-46-49-53)42(45)43-36(35)27-39(48-43)44(55)51-23-21-50(22-24-51)32-15-14-30-13-12-29-7-2-4-10-37(29)47-38(30)25-32/h2-5,7-11,14-15,17,20,25-27,47-48H,6,12-13,16,18-19,21-24,28H2,1H3. The van der Waals surface area contributed by atoms with Gasteiger partial charge in [-0.2, -0.15) is 0 Å². The van der Waals surface area contributed by atoms with Crippen LogP contribution in [0.1, 0.15) is 40.0 Å². The van der Waals surface area contributed by atoms with E-state index in [4.69, 9.17) is 4.74 Å². The van der Waals surface area contributed by atoms with E-state index in [2.05, 4.69) is 68.0 Å². The largest absolute Gasteiger partial charge is 0.496 e. The minimum atomic E-state index is -0.454. The van der Waals surface area contributed by atoms with E-state index in [-0.39, 0.29) is 30.3 Å². The number of nitrogens with zero attached hydrogens (tertiary/aromatic N) is 6. The lowest BCUT2D eigenvalue weighted by Gasteiger charge is -2.36. The van der Waals surface area contributed by atoms with Gasteiger partial charge in [0, 0.05) is 85.5 Å². The van der Waals surface area contributed by atoms with Gasteiger partial charge in [0.2, 0.25) is 5.91 Å². The average molecular weight is 751 g/mol. The third kappa shape index (κ3) is 6.76. The number of nitrogens with one attached hydrogen (secondary N) is 2. The molecule has 0 bridgehead atoms. The van der Waals surface area contributed by atoms with Gasteiger partial charge in [-0.25, -0.2) is 4.39 Å². The van der Waals surface area contributed by atoms with Crippen LogP contribution in [0.5, 0.6) is 5.75 Å². The van der Waals surface area contributed by atoms with E-state index in [0.717, 1.165) is 46.6 Å². The van der Waals surface area contributed by atoms with E-state index < -0.39 is 5.82 Å². The van der Waals surface area contributed by atoms with E-state index in [1.807, 2.05) is 41.3 Å². The molecule has 0 atom stereocenters. The number of methoxy groups -OCH3 is 1. The van der Waals surface area contributed by atoms with Crippen LogP contribution in [0.15, 0.2) is 97.3 Å². The van der Waals surface area contributed by atoms with Crippen molar-refractivity contribution in [2.75, 3.05) is 56.6 Å². The monoisotopic (exact) mass is 750 g/mol. The highest BCUT2D eigenvalue weighted by Gasteiger charge is 2.28. The van der Waals surface area contributed by atoms with Crippen LogP contribution in [-0.2, 0) is 24.2 Å². The number of fused-ring (bicyclic) bond motifs is 3. The van der Waals surface area contributed by atoms with E-state index in [0.29, 0.717) is 68.1 Å². The zero-order valence-electron chi connectivity index (χ0n) is 31.3. The Bertz CT molecular complexity index is 2470. The fourth-order valence-corrected chi connectivity index (χ4v) is 8.28. The zero-order chi connectivity index (χ0) is 38.2. The molecule has 284 valence electrons. The summed E-state index contributed by atoms with van der Waals surface area (Å²) in [7, 11) is 1.61. The Morgan fingerprint density at radius 2 is 1.64 bits per heavy atom. The Morgan fingerprint density at radius 3 is 2.46 bits per heavy atom. The van der Waals surface area contributed by atoms with Crippen LogP contribution in [0.25, 0.3) is 27.6 Å². The first kappa shape index (κ1) is 35.3. The van der Waals surface area contributed by atoms with Gasteiger partial charge in [0.1, 0.15) is 11.4 Å². The second kappa shape index (κ2) is 15.0. The lowest BCUT2D eigenvalue weighted by atomic mass is 9.93. The minimum absolute atomic E-state index is 0.0325. The number of anilines is 3. The number of piperazine rings is 1. The molecule has 1 saturated heterocycles. The normalized spacial score (nSPS) is 15.5. The molecule has 5 heterocycles. The maximum absolute atomic E-state index is 16.8. The first-order valence-electron chi connectivity index (χ1n) is 19.3. The molecule has 4 aromatic carbocycles. The highest BCUT2D eigenvalue weighted by atomic mass is 19.1. The molecule has 2 amide bonds. The molecule has 6 aromatic rings. The Labute approximate surface area is 324 Å². The number of aromatic amines is 1. The maximum atomic E-state index is 16.8. The predicted molar refractivity (Wildman–Crippen MR) is 216 cm³/mol. The smallest absolute Gasteiger partial charge is 0.270 e. The molecule has 0 saturated carbocycles. The number of hydrogen-bond donors (Lipinski definition) is 2. The predicted octanol–water partition coefficient (Wildman–Crippen LogP) is 7.08. The molecule has 0 spiro atoms. The molecule has 12 heteroatoms. The van der Waals surface area contributed by atoms with Crippen molar-refractivity contribution in [2.24, 2.45) is 0 Å². The van der Waals surface area contributed by atoms with Gasteiger partial charge in [-0.15, -0.1) is 5.10 Å².